The van der Waals surface area contributed by atoms with Gasteiger partial charge in [0.1, 0.15) is 29.5 Å². The zero-order valence-electron chi connectivity index (χ0n) is 14.1. The minimum Gasteiger partial charge on any atom is -0.507 e. The molecule has 3 heteroatoms. The summed E-state index contributed by atoms with van der Waals surface area (Å²) in [6, 6.07) is 9.70. The van der Waals surface area contributed by atoms with Crippen molar-refractivity contribution in [1.82, 2.24) is 0 Å². The van der Waals surface area contributed by atoms with Crippen molar-refractivity contribution < 1.29 is 14.6 Å². The van der Waals surface area contributed by atoms with E-state index in [1.54, 1.807) is 6.07 Å². The normalized spacial score (nSPS) is 17.2. The Kier molecular flexibility index (Phi) is 3.20. The van der Waals surface area contributed by atoms with Gasteiger partial charge in [-0.1, -0.05) is 12.1 Å². The average molecular weight is 320 g/mol. The molecule has 0 spiro atoms. The maximum absolute atomic E-state index is 10.2. The topological polar surface area (TPSA) is 38.7 Å². The predicted octanol–water partition coefficient (Wildman–Crippen LogP) is 4.82. The Balaban J connectivity index is 1.78. The summed E-state index contributed by atoms with van der Waals surface area (Å²) in [4.78, 5) is 0. The highest BCUT2D eigenvalue weighted by Gasteiger charge is 2.26. The van der Waals surface area contributed by atoms with E-state index in [-0.39, 0.29) is 11.4 Å². The van der Waals surface area contributed by atoms with E-state index in [0.29, 0.717) is 6.61 Å². The standard InChI is InChI=1S/C21H20O3/c1-13-4-6-16(18(22)10-13)15-11-14-5-7-19-17(20(14)23-12-15)8-9-21(2,3)24-19/h4-11,22H,12H2,1-3H3. The lowest BCUT2D eigenvalue weighted by Crippen LogP contribution is -2.27. The summed E-state index contributed by atoms with van der Waals surface area (Å²) in [7, 11) is 0. The number of phenolic OH excluding ortho intramolecular Hbond substituents is 1. The minimum absolute atomic E-state index is 0.288. The number of aromatic hydroxyl groups is 1. The van der Waals surface area contributed by atoms with Crippen molar-refractivity contribution in [3.8, 4) is 17.2 Å². The third kappa shape index (κ3) is 2.46. The van der Waals surface area contributed by atoms with Crippen molar-refractivity contribution in [2.24, 2.45) is 0 Å². The molecular formula is C21H20O3. The van der Waals surface area contributed by atoms with Crippen LogP contribution in [0.4, 0.5) is 0 Å². The first-order chi connectivity index (χ1) is 11.4. The van der Waals surface area contributed by atoms with Crippen molar-refractivity contribution in [3.05, 3.63) is 58.7 Å². The molecule has 2 aromatic carbocycles. The molecule has 0 radical (unpaired) electrons. The van der Waals surface area contributed by atoms with Crippen LogP contribution in [0.2, 0.25) is 0 Å². The number of fused-ring (bicyclic) bond motifs is 3. The molecule has 4 rings (SSSR count). The Labute approximate surface area is 141 Å². The Morgan fingerprint density at radius 1 is 1.12 bits per heavy atom. The van der Waals surface area contributed by atoms with E-state index >= 15 is 0 Å². The molecule has 122 valence electrons. The fourth-order valence-corrected chi connectivity index (χ4v) is 3.17. The lowest BCUT2D eigenvalue weighted by atomic mass is 9.95. The predicted molar refractivity (Wildman–Crippen MR) is 96.4 cm³/mol. The van der Waals surface area contributed by atoms with Crippen molar-refractivity contribution in [2.45, 2.75) is 26.4 Å². The quantitative estimate of drug-likeness (QED) is 0.819. The van der Waals surface area contributed by atoms with Gasteiger partial charge in [0, 0.05) is 16.7 Å². The third-order valence-electron chi connectivity index (χ3n) is 4.41. The summed E-state index contributed by atoms with van der Waals surface area (Å²) in [5.41, 5.74) is 4.51. The Hall–Kier alpha value is -2.68. The smallest absolute Gasteiger partial charge is 0.137 e. The monoisotopic (exact) mass is 320 g/mol. The van der Waals surface area contributed by atoms with Crippen LogP contribution in [0, 0.1) is 6.92 Å². The largest absolute Gasteiger partial charge is 0.507 e. The van der Waals surface area contributed by atoms with Crippen molar-refractivity contribution in [1.29, 1.82) is 0 Å². The van der Waals surface area contributed by atoms with Crippen LogP contribution in [0.1, 0.15) is 36.1 Å². The number of phenols is 1. The number of hydrogen-bond donors (Lipinski definition) is 1. The van der Waals surface area contributed by atoms with E-state index < -0.39 is 0 Å². The first-order valence-corrected chi connectivity index (χ1v) is 8.11. The number of benzene rings is 2. The molecule has 2 heterocycles. The van der Waals surface area contributed by atoms with Gasteiger partial charge in [-0.05, 0) is 62.8 Å². The molecule has 0 atom stereocenters. The molecule has 1 N–H and O–H groups in total. The molecule has 24 heavy (non-hydrogen) atoms. The minimum atomic E-state index is -0.301. The Bertz CT molecular complexity index is 888. The van der Waals surface area contributed by atoms with Gasteiger partial charge in [0.15, 0.2) is 0 Å². The van der Waals surface area contributed by atoms with E-state index in [2.05, 4.69) is 12.2 Å². The molecule has 0 saturated carbocycles. The molecule has 0 aliphatic carbocycles. The second-order valence-electron chi connectivity index (χ2n) is 6.91. The van der Waals surface area contributed by atoms with Gasteiger partial charge in [-0.3, -0.25) is 0 Å². The maximum atomic E-state index is 10.2. The summed E-state index contributed by atoms with van der Waals surface area (Å²) in [5.74, 6) is 1.97. The molecule has 3 nitrogen and oxygen atoms in total. The highest BCUT2D eigenvalue weighted by atomic mass is 16.5. The van der Waals surface area contributed by atoms with Crippen LogP contribution in [-0.2, 0) is 0 Å². The molecule has 2 aliphatic rings. The van der Waals surface area contributed by atoms with Gasteiger partial charge in [-0.15, -0.1) is 0 Å². The summed E-state index contributed by atoms with van der Waals surface area (Å²) in [6.07, 6.45) is 6.20. The Morgan fingerprint density at radius 2 is 1.96 bits per heavy atom. The fraction of sp³-hybridized carbons (Fsp3) is 0.238. The van der Waals surface area contributed by atoms with Gasteiger partial charge in [-0.2, -0.15) is 0 Å². The molecule has 0 amide bonds. The molecule has 0 aromatic heterocycles. The van der Waals surface area contributed by atoms with Gasteiger partial charge in [-0.25, -0.2) is 0 Å². The van der Waals surface area contributed by atoms with Gasteiger partial charge in [0.05, 0.1) is 5.56 Å². The number of rotatable bonds is 1. The van der Waals surface area contributed by atoms with Crippen molar-refractivity contribution in [3.63, 3.8) is 0 Å². The highest BCUT2D eigenvalue weighted by molar-refractivity contribution is 5.89. The number of ether oxygens (including phenoxy) is 2. The van der Waals surface area contributed by atoms with Crippen LogP contribution in [0.5, 0.6) is 17.2 Å². The van der Waals surface area contributed by atoms with E-state index in [9.17, 15) is 5.11 Å². The zero-order chi connectivity index (χ0) is 16.9. The molecule has 2 aliphatic heterocycles. The highest BCUT2D eigenvalue weighted by Crippen LogP contribution is 2.43. The van der Waals surface area contributed by atoms with E-state index in [0.717, 1.165) is 39.3 Å². The van der Waals surface area contributed by atoms with Crippen LogP contribution >= 0.6 is 0 Å². The van der Waals surface area contributed by atoms with Crippen LogP contribution in [0.15, 0.2) is 36.4 Å². The van der Waals surface area contributed by atoms with Gasteiger partial charge in [0.25, 0.3) is 0 Å². The first kappa shape index (κ1) is 14.9. The van der Waals surface area contributed by atoms with E-state index in [4.69, 9.17) is 9.47 Å². The fourth-order valence-electron chi connectivity index (χ4n) is 3.17. The average Bonchev–Trinajstić information content (AvgIpc) is 2.53. The van der Waals surface area contributed by atoms with Crippen molar-refractivity contribution >= 4 is 17.7 Å². The molecule has 0 bridgehead atoms. The van der Waals surface area contributed by atoms with E-state index in [1.807, 2.05) is 51.1 Å². The zero-order valence-corrected chi connectivity index (χ0v) is 14.1. The van der Waals surface area contributed by atoms with Gasteiger partial charge >= 0.3 is 0 Å². The molecular weight excluding hydrogens is 300 g/mol. The SMILES string of the molecule is Cc1ccc(C2=Cc3ccc4c(c3OC2)C=CC(C)(C)O4)c(O)c1. The number of hydrogen-bond acceptors (Lipinski definition) is 3. The first-order valence-electron chi connectivity index (χ1n) is 8.11. The molecule has 0 fully saturated rings. The maximum Gasteiger partial charge on any atom is 0.137 e. The lowest BCUT2D eigenvalue weighted by molar-refractivity contribution is 0.158. The summed E-state index contributed by atoms with van der Waals surface area (Å²) >= 11 is 0. The molecule has 0 saturated heterocycles. The summed E-state index contributed by atoms with van der Waals surface area (Å²) < 4.78 is 12.0. The summed E-state index contributed by atoms with van der Waals surface area (Å²) in [5, 5.41) is 10.2. The van der Waals surface area contributed by atoms with Crippen LogP contribution < -0.4 is 9.47 Å². The van der Waals surface area contributed by atoms with Crippen molar-refractivity contribution in [2.75, 3.05) is 6.61 Å². The van der Waals surface area contributed by atoms with Crippen LogP contribution in [-0.4, -0.2) is 17.3 Å². The summed E-state index contributed by atoms with van der Waals surface area (Å²) in [6.45, 7) is 6.46. The third-order valence-corrected chi connectivity index (χ3v) is 4.41. The van der Waals surface area contributed by atoms with Crippen LogP contribution in [0.25, 0.3) is 17.7 Å². The Morgan fingerprint density at radius 3 is 2.75 bits per heavy atom. The molecule has 2 aromatic rings. The second-order valence-corrected chi connectivity index (χ2v) is 6.91. The van der Waals surface area contributed by atoms with Crippen LogP contribution in [0.3, 0.4) is 0 Å². The van der Waals surface area contributed by atoms with Gasteiger partial charge in [0.2, 0.25) is 0 Å². The van der Waals surface area contributed by atoms with Gasteiger partial charge < -0.3 is 14.6 Å². The number of aryl methyl sites for hydroxylation is 1. The van der Waals surface area contributed by atoms with E-state index in [1.165, 1.54) is 0 Å². The second kappa shape index (κ2) is 5.17. The molecule has 0 unspecified atom stereocenters. The lowest BCUT2D eigenvalue weighted by Gasteiger charge is -2.30.